The van der Waals surface area contributed by atoms with E-state index in [0.29, 0.717) is 10.7 Å². The number of rotatable bonds is 3. The summed E-state index contributed by atoms with van der Waals surface area (Å²) in [6.07, 6.45) is 0. The second-order valence-corrected chi connectivity index (χ2v) is 5.26. The Bertz CT molecular complexity index is 651. The Balaban J connectivity index is 2.42. The lowest BCUT2D eigenvalue weighted by Crippen LogP contribution is -2.02. The van der Waals surface area contributed by atoms with E-state index in [1.165, 1.54) is 12.1 Å². The third-order valence-electron chi connectivity index (χ3n) is 2.28. The van der Waals surface area contributed by atoms with E-state index in [-0.39, 0.29) is 17.3 Å². The van der Waals surface area contributed by atoms with Crippen LogP contribution in [-0.4, -0.2) is 9.91 Å². The topological polar surface area (TPSA) is 94.1 Å². The monoisotopic (exact) mass is 390 g/mol. The summed E-state index contributed by atoms with van der Waals surface area (Å²) in [4.78, 5) is 14.3. The molecule has 2 aromatic rings. The first kappa shape index (κ1) is 13.8. The molecule has 2 rings (SSSR count). The van der Waals surface area contributed by atoms with Gasteiger partial charge in [-0.15, -0.1) is 0 Å². The molecule has 6 nitrogen and oxygen atoms in total. The van der Waals surface area contributed by atoms with Crippen LogP contribution in [0.3, 0.4) is 0 Å². The molecule has 0 amide bonds. The van der Waals surface area contributed by atoms with Gasteiger partial charge in [-0.3, -0.25) is 10.1 Å². The molecule has 0 unspecified atom stereocenters. The number of nitrogens with zero attached hydrogens (tertiary/aromatic N) is 2. The number of halogens is 2. The summed E-state index contributed by atoms with van der Waals surface area (Å²) in [7, 11) is 0. The number of anilines is 3. The van der Waals surface area contributed by atoms with Gasteiger partial charge in [0.15, 0.2) is 0 Å². The Morgan fingerprint density at radius 1 is 1.37 bits per heavy atom. The third-order valence-corrected chi connectivity index (χ3v) is 3.26. The molecule has 8 heteroatoms. The van der Waals surface area contributed by atoms with Crippen LogP contribution in [0.25, 0.3) is 0 Å². The molecule has 0 aliphatic rings. The predicted molar refractivity (Wildman–Crippen MR) is 82.8 cm³/mol. The van der Waals surface area contributed by atoms with E-state index in [9.17, 15) is 10.1 Å². The van der Waals surface area contributed by atoms with Crippen LogP contribution < -0.4 is 11.1 Å². The molecule has 0 spiro atoms. The molecule has 1 aromatic carbocycles. The van der Waals surface area contributed by atoms with Gasteiger partial charge in [0.25, 0.3) is 0 Å². The van der Waals surface area contributed by atoms with Crippen LogP contribution in [0.4, 0.5) is 23.0 Å². The Morgan fingerprint density at radius 3 is 2.74 bits per heavy atom. The van der Waals surface area contributed by atoms with Gasteiger partial charge in [0.1, 0.15) is 5.82 Å². The number of hydrogen-bond acceptors (Lipinski definition) is 5. The molecule has 19 heavy (non-hydrogen) atoms. The number of aromatic nitrogens is 1. The van der Waals surface area contributed by atoms with Gasteiger partial charge in [-0.2, -0.15) is 0 Å². The summed E-state index contributed by atoms with van der Waals surface area (Å²) in [5.41, 5.74) is 5.90. The van der Waals surface area contributed by atoms with E-state index < -0.39 is 4.92 Å². The van der Waals surface area contributed by atoms with Crippen LogP contribution in [0.2, 0.25) is 5.02 Å². The SMILES string of the molecule is Nc1ccc([N+](=O)[O-])c(Nc2ccc(I)cc2Cl)n1. The lowest BCUT2D eigenvalue weighted by molar-refractivity contribution is -0.384. The molecule has 0 aliphatic heterocycles. The van der Waals surface area contributed by atoms with Gasteiger partial charge < -0.3 is 11.1 Å². The number of benzene rings is 1. The molecular weight excluding hydrogens is 383 g/mol. The van der Waals surface area contributed by atoms with E-state index >= 15 is 0 Å². The number of nitrogens with one attached hydrogen (secondary N) is 1. The molecule has 0 radical (unpaired) electrons. The van der Waals surface area contributed by atoms with Crippen LogP contribution in [0, 0.1) is 13.7 Å². The van der Waals surface area contributed by atoms with E-state index in [1.807, 2.05) is 6.07 Å². The van der Waals surface area contributed by atoms with Gasteiger partial charge in [-0.05, 0) is 46.9 Å². The second-order valence-electron chi connectivity index (χ2n) is 3.61. The van der Waals surface area contributed by atoms with E-state index in [2.05, 4.69) is 32.9 Å². The summed E-state index contributed by atoms with van der Waals surface area (Å²) >= 11 is 8.17. The van der Waals surface area contributed by atoms with E-state index in [0.717, 1.165) is 3.57 Å². The van der Waals surface area contributed by atoms with E-state index in [4.69, 9.17) is 17.3 Å². The normalized spacial score (nSPS) is 10.2. The second kappa shape index (κ2) is 5.57. The lowest BCUT2D eigenvalue weighted by Gasteiger charge is -2.08. The molecule has 1 aromatic heterocycles. The van der Waals surface area contributed by atoms with Crippen molar-refractivity contribution in [1.82, 2.24) is 4.98 Å². The molecule has 1 heterocycles. The van der Waals surface area contributed by atoms with Gasteiger partial charge in [-0.1, -0.05) is 11.6 Å². The van der Waals surface area contributed by atoms with Crippen molar-refractivity contribution in [3.8, 4) is 0 Å². The van der Waals surface area contributed by atoms with Crippen molar-refractivity contribution < 1.29 is 4.92 Å². The molecule has 0 fully saturated rings. The summed E-state index contributed by atoms with van der Waals surface area (Å²) in [6.45, 7) is 0. The zero-order chi connectivity index (χ0) is 14.0. The largest absolute Gasteiger partial charge is 0.384 e. The summed E-state index contributed by atoms with van der Waals surface area (Å²) in [5, 5.41) is 14.2. The van der Waals surface area contributed by atoms with Crippen molar-refractivity contribution in [2.24, 2.45) is 0 Å². The Hall–Kier alpha value is -1.61. The summed E-state index contributed by atoms with van der Waals surface area (Å²) in [6, 6.07) is 7.96. The Morgan fingerprint density at radius 2 is 2.11 bits per heavy atom. The fourth-order valence-electron chi connectivity index (χ4n) is 1.42. The van der Waals surface area contributed by atoms with Gasteiger partial charge >= 0.3 is 5.69 Å². The number of pyridine rings is 1. The number of hydrogen-bond donors (Lipinski definition) is 2. The fraction of sp³-hybridized carbons (Fsp3) is 0. The lowest BCUT2D eigenvalue weighted by atomic mass is 10.3. The molecule has 3 N–H and O–H groups in total. The minimum absolute atomic E-state index is 0.0631. The predicted octanol–water partition coefficient (Wildman–Crippen LogP) is 3.57. The van der Waals surface area contributed by atoms with Crippen LogP contribution in [-0.2, 0) is 0 Å². The quantitative estimate of drug-likeness (QED) is 0.475. The van der Waals surface area contributed by atoms with Crippen LogP contribution in [0.1, 0.15) is 0 Å². The maximum absolute atomic E-state index is 10.9. The van der Waals surface area contributed by atoms with Crippen LogP contribution >= 0.6 is 34.2 Å². The summed E-state index contributed by atoms with van der Waals surface area (Å²) in [5.74, 6) is 0.253. The Labute approximate surface area is 127 Å². The zero-order valence-corrected chi connectivity index (χ0v) is 12.3. The van der Waals surface area contributed by atoms with Crippen molar-refractivity contribution in [2.75, 3.05) is 11.1 Å². The first-order chi connectivity index (χ1) is 8.97. The maximum atomic E-state index is 10.9. The average Bonchev–Trinajstić information content (AvgIpc) is 2.32. The van der Waals surface area contributed by atoms with Crippen molar-refractivity contribution in [2.45, 2.75) is 0 Å². The highest BCUT2D eigenvalue weighted by Gasteiger charge is 2.16. The van der Waals surface area contributed by atoms with Crippen molar-refractivity contribution in [3.63, 3.8) is 0 Å². The first-order valence-electron chi connectivity index (χ1n) is 5.10. The Kier molecular flexibility index (Phi) is 4.05. The summed E-state index contributed by atoms with van der Waals surface area (Å²) < 4.78 is 0.961. The minimum Gasteiger partial charge on any atom is -0.384 e. The van der Waals surface area contributed by atoms with Gasteiger partial charge in [-0.25, -0.2) is 4.98 Å². The molecular formula is C11H8ClIN4O2. The first-order valence-corrected chi connectivity index (χ1v) is 6.56. The standard InChI is InChI=1S/C11H8ClIN4O2/c12-7-5-6(13)1-2-8(7)15-11-9(17(18)19)3-4-10(14)16-11/h1-5H,(H3,14,15,16). The maximum Gasteiger partial charge on any atom is 0.311 e. The third kappa shape index (κ3) is 3.24. The number of nitrogens with two attached hydrogens (primary N) is 1. The van der Waals surface area contributed by atoms with Crippen molar-refractivity contribution >= 4 is 57.2 Å². The zero-order valence-electron chi connectivity index (χ0n) is 9.43. The van der Waals surface area contributed by atoms with Gasteiger partial charge in [0.05, 0.1) is 15.6 Å². The number of nitro groups is 1. The molecule has 98 valence electrons. The van der Waals surface area contributed by atoms with Gasteiger partial charge in [0, 0.05) is 9.64 Å². The molecule has 0 saturated heterocycles. The molecule has 0 bridgehead atoms. The fourth-order valence-corrected chi connectivity index (χ4v) is 2.33. The average molecular weight is 391 g/mol. The minimum atomic E-state index is -0.532. The van der Waals surface area contributed by atoms with Gasteiger partial charge in [0.2, 0.25) is 5.82 Å². The van der Waals surface area contributed by atoms with E-state index in [1.54, 1.807) is 12.1 Å². The highest BCUT2D eigenvalue weighted by Crippen LogP contribution is 2.31. The van der Waals surface area contributed by atoms with Crippen LogP contribution in [0.15, 0.2) is 30.3 Å². The smallest absolute Gasteiger partial charge is 0.311 e. The van der Waals surface area contributed by atoms with Crippen molar-refractivity contribution in [1.29, 1.82) is 0 Å². The molecule has 0 aliphatic carbocycles. The highest BCUT2D eigenvalue weighted by molar-refractivity contribution is 14.1. The van der Waals surface area contributed by atoms with Crippen LogP contribution in [0.5, 0.6) is 0 Å². The highest BCUT2D eigenvalue weighted by atomic mass is 127. The number of nitrogen functional groups attached to an aromatic ring is 1. The molecule has 0 atom stereocenters. The van der Waals surface area contributed by atoms with Crippen molar-refractivity contribution in [3.05, 3.63) is 49.0 Å². The molecule has 0 saturated carbocycles.